The molecule has 0 fully saturated rings. The summed E-state index contributed by atoms with van der Waals surface area (Å²) in [5, 5.41) is 19.3. The first kappa shape index (κ1) is 30.8. The summed E-state index contributed by atoms with van der Waals surface area (Å²) >= 11 is 1.89. The third kappa shape index (κ3) is 5.78. The summed E-state index contributed by atoms with van der Waals surface area (Å²) in [5.74, 6) is -16.0. The Morgan fingerprint density at radius 1 is 1.15 bits per heavy atom. The van der Waals surface area contributed by atoms with Crippen LogP contribution in [0.15, 0.2) is 87.5 Å². The number of hydrogen-bond acceptors (Lipinski definition) is 4. The summed E-state index contributed by atoms with van der Waals surface area (Å²) in [5.41, 5.74) is -2.97. The minimum atomic E-state index is -5.65. The predicted octanol–water partition coefficient (Wildman–Crippen LogP) is 9.55. The lowest BCUT2D eigenvalue weighted by molar-refractivity contribution is -0.259. The zero-order valence-electron chi connectivity index (χ0n) is 21.7. The molecule has 210 valence electrons. The van der Waals surface area contributed by atoms with Gasteiger partial charge < -0.3 is 10.2 Å². The minimum Gasteiger partial charge on any atom is -0.508 e. The monoisotopic (exact) mass is 586 g/mol. The second-order valence-corrected chi connectivity index (χ2v) is 11.7. The highest BCUT2D eigenvalue weighted by Crippen LogP contribution is 2.64. The van der Waals surface area contributed by atoms with Gasteiger partial charge in [0, 0.05) is 25.8 Å². The van der Waals surface area contributed by atoms with Crippen LogP contribution in [-0.4, -0.2) is 34.1 Å². The van der Waals surface area contributed by atoms with Gasteiger partial charge in [0.2, 0.25) is 0 Å². The van der Waals surface area contributed by atoms with E-state index in [0.717, 1.165) is 30.0 Å². The first-order valence-electron chi connectivity index (χ1n) is 11.9. The number of aryl methyl sites for hydroxylation is 1. The van der Waals surface area contributed by atoms with E-state index >= 15 is 17.6 Å². The summed E-state index contributed by atoms with van der Waals surface area (Å²) < 4.78 is 90.3. The van der Waals surface area contributed by atoms with Crippen molar-refractivity contribution in [3.05, 3.63) is 103 Å². The second kappa shape index (κ2) is 11.4. The van der Waals surface area contributed by atoms with Crippen LogP contribution in [0.25, 0.3) is 11.6 Å². The zero-order valence-corrected chi connectivity index (χ0v) is 23.3. The largest absolute Gasteiger partial charge is 0.508 e. The molecule has 0 spiro atoms. The fourth-order valence-corrected chi connectivity index (χ4v) is 6.01. The van der Waals surface area contributed by atoms with E-state index < -0.39 is 35.0 Å². The number of hydrogen-bond donors (Lipinski definition) is 2. The Morgan fingerprint density at radius 3 is 2.41 bits per heavy atom. The molecule has 2 nitrogen and oxygen atoms in total. The Labute approximate surface area is 231 Å². The van der Waals surface area contributed by atoms with E-state index in [0.29, 0.717) is 21.8 Å². The molecule has 1 unspecified atom stereocenters. The fourth-order valence-electron chi connectivity index (χ4n) is 4.17. The molecule has 2 N–H and O–H groups in total. The van der Waals surface area contributed by atoms with Gasteiger partial charge in [-0.25, -0.2) is 0 Å². The van der Waals surface area contributed by atoms with Crippen LogP contribution < -0.4 is 0 Å². The standard InChI is InChI=1S/C29H28F6O2S2/c1-6-8-21(36)9-7-10-23-15-24(19(5)39-23)26-25(27(30,31)29(34,35)28(26,32)33)16(2)17(3)38-18(4)20-11-13-22(37)14-12-20/h6-13,15,22,36-37H,4,14H2,1-3,5H3/b8-6-,10-7+,17-16+,21-9+. The number of allylic oxidation sites excluding steroid dienone is 10. The van der Waals surface area contributed by atoms with Crippen LogP contribution in [0.2, 0.25) is 0 Å². The molecule has 0 bridgehead atoms. The maximum Gasteiger partial charge on any atom is 0.380 e. The van der Waals surface area contributed by atoms with Crippen molar-refractivity contribution in [2.24, 2.45) is 0 Å². The van der Waals surface area contributed by atoms with E-state index in [1.54, 1.807) is 25.2 Å². The van der Waals surface area contributed by atoms with E-state index in [1.165, 1.54) is 50.3 Å². The number of thiophene rings is 1. The van der Waals surface area contributed by atoms with Crippen molar-refractivity contribution in [3.8, 4) is 0 Å². The van der Waals surface area contributed by atoms with Crippen molar-refractivity contribution >= 4 is 34.7 Å². The normalized spacial score (nSPS) is 23.1. The van der Waals surface area contributed by atoms with Crippen molar-refractivity contribution < 1.29 is 36.6 Å². The Morgan fingerprint density at radius 2 is 1.82 bits per heavy atom. The molecule has 0 saturated carbocycles. The van der Waals surface area contributed by atoms with E-state index in [1.807, 2.05) is 0 Å². The molecule has 3 rings (SSSR count). The summed E-state index contributed by atoms with van der Waals surface area (Å²) in [6.45, 7) is 9.50. The molecule has 0 saturated heterocycles. The molecule has 0 aliphatic heterocycles. The SMILES string of the molecule is C=C(S/C(C)=C(\C)C1=C(c2cc(/C=C/C=C(O)\C=C/C)sc2C)C(F)(F)C(F)(F)C1(F)F)C1=CCC(O)C=C1. The molecule has 10 heteroatoms. The van der Waals surface area contributed by atoms with Gasteiger partial charge in [-0.15, -0.1) is 11.3 Å². The molecule has 1 aromatic rings. The lowest BCUT2D eigenvalue weighted by Crippen LogP contribution is -2.49. The van der Waals surface area contributed by atoms with Gasteiger partial charge in [0.15, 0.2) is 0 Å². The molecule has 2 aliphatic carbocycles. The quantitative estimate of drug-likeness (QED) is 0.181. The number of aliphatic hydroxyl groups is 2. The molecule has 1 atom stereocenters. The maximum atomic E-state index is 15.2. The lowest BCUT2D eigenvalue weighted by Gasteiger charge is -2.26. The third-order valence-corrected chi connectivity index (χ3v) is 8.43. The highest BCUT2D eigenvalue weighted by atomic mass is 32.2. The van der Waals surface area contributed by atoms with Crippen LogP contribution in [0.4, 0.5) is 26.3 Å². The molecule has 0 amide bonds. The van der Waals surface area contributed by atoms with Gasteiger partial charge in [0.05, 0.1) is 6.10 Å². The molecule has 1 heterocycles. The van der Waals surface area contributed by atoms with Crippen molar-refractivity contribution in [1.82, 2.24) is 0 Å². The highest BCUT2D eigenvalue weighted by Gasteiger charge is 2.80. The lowest BCUT2D eigenvalue weighted by atomic mass is 9.95. The fraction of sp³-hybridized carbons (Fsp3) is 0.310. The molecule has 1 aromatic heterocycles. The molecule has 39 heavy (non-hydrogen) atoms. The van der Waals surface area contributed by atoms with Gasteiger partial charge in [-0.2, -0.15) is 26.3 Å². The summed E-state index contributed by atoms with van der Waals surface area (Å²) in [4.78, 5) is 1.02. The zero-order chi connectivity index (χ0) is 29.3. The van der Waals surface area contributed by atoms with Gasteiger partial charge in [-0.05, 0) is 80.0 Å². The highest BCUT2D eigenvalue weighted by molar-refractivity contribution is 8.06. The number of aliphatic hydroxyl groups excluding tert-OH is 2. The van der Waals surface area contributed by atoms with Crippen molar-refractivity contribution in [3.63, 3.8) is 0 Å². The second-order valence-electron chi connectivity index (χ2n) is 9.07. The molecular formula is C29H28F6O2S2. The third-order valence-electron chi connectivity index (χ3n) is 6.32. The number of thioether (sulfide) groups is 1. The van der Waals surface area contributed by atoms with Crippen LogP contribution in [0, 0.1) is 6.92 Å². The van der Waals surface area contributed by atoms with E-state index in [-0.39, 0.29) is 26.7 Å². The van der Waals surface area contributed by atoms with Gasteiger partial charge in [0.1, 0.15) is 5.76 Å². The first-order chi connectivity index (χ1) is 18.1. The minimum absolute atomic E-state index is 0.0696. The van der Waals surface area contributed by atoms with Crippen LogP contribution in [0.1, 0.15) is 42.5 Å². The molecule has 2 aliphatic rings. The van der Waals surface area contributed by atoms with Gasteiger partial charge in [-0.1, -0.05) is 48.7 Å². The Balaban J connectivity index is 2.13. The Hall–Kier alpha value is -2.69. The van der Waals surface area contributed by atoms with Crippen molar-refractivity contribution in [2.75, 3.05) is 0 Å². The van der Waals surface area contributed by atoms with Crippen molar-refractivity contribution in [1.29, 1.82) is 0 Å². The molecule has 0 radical (unpaired) electrons. The summed E-state index contributed by atoms with van der Waals surface area (Å²) in [6.07, 6.45) is 11.7. The van der Waals surface area contributed by atoms with E-state index in [4.69, 9.17) is 0 Å². The van der Waals surface area contributed by atoms with Crippen LogP contribution >= 0.6 is 23.1 Å². The smallest absolute Gasteiger partial charge is 0.380 e. The first-order valence-corrected chi connectivity index (χ1v) is 13.5. The van der Waals surface area contributed by atoms with Crippen LogP contribution in [0.3, 0.4) is 0 Å². The average Bonchev–Trinajstić information content (AvgIpc) is 3.25. The Bertz CT molecular complexity index is 1370. The topological polar surface area (TPSA) is 40.5 Å². The van der Waals surface area contributed by atoms with Crippen LogP contribution in [0.5, 0.6) is 0 Å². The van der Waals surface area contributed by atoms with Gasteiger partial charge >= 0.3 is 17.8 Å². The average molecular weight is 587 g/mol. The number of rotatable bonds is 8. The Kier molecular flexibility index (Phi) is 9.04. The summed E-state index contributed by atoms with van der Waals surface area (Å²) in [6, 6.07) is 1.18. The van der Waals surface area contributed by atoms with E-state index in [9.17, 15) is 19.0 Å². The molecule has 0 aromatic carbocycles. The van der Waals surface area contributed by atoms with Gasteiger partial charge in [-0.3, -0.25) is 0 Å². The number of alkyl halides is 6. The van der Waals surface area contributed by atoms with Gasteiger partial charge in [0.25, 0.3) is 0 Å². The predicted molar refractivity (Wildman–Crippen MR) is 148 cm³/mol. The molecular weight excluding hydrogens is 558 g/mol. The van der Waals surface area contributed by atoms with Crippen LogP contribution in [-0.2, 0) is 0 Å². The summed E-state index contributed by atoms with van der Waals surface area (Å²) in [7, 11) is 0. The number of halogens is 6. The van der Waals surface area contributed by atoms with Crippen molar-refractivity contribution in [2.45, 2.75) is 58.0 Å². The maximum absolute atomic E-state index is 15.2. The van der Waals surface area contributed by atoms with E-state index in [2.05, 4.69) is 6.58 Å².